The van der Waals surface area contributed by atoms with Crippen molar-refractivity contribution in [3.8, 4) is 5.75 Å². The van der Waals surface area contributed by atoms with E-state index in [2.05, 4.69) is 4.98 Å². The molecule has 1 saturated heterocycles. The lowest BCUT2D eigenvalue weighted by Gasteiger charge is -2.48. The van der Waals surface area contributed by atoms with Crippen LogP contribution in [0.15, 0.2) is 66.7 Å². The number of benzene rings is 3. The number of nitrogens with zero attached hydrogens (tertiary/aromatic N) is 2. The summed E-state index contributed by atoms with van der Waals surface area (Å²) < 4.78 is 45.6. The molecule has 0 radical (unpaired) electrons. The summed E-state index contributed by atoms with van der Waals surface area (Å²) in [6.45, 7) is 0. The van der Waals surface area contributed by atoms with Crippen molar-refractivity contribution in [3.05, 3.63) is 88.7 Å². The van der Waals surface area contributed by atoms with Crippen LogP contribution in [0.4, 0.5) is 10.1 Å². The van der Waals surface area contributed by atoms with E-state index in [4.69, 9.17) is 4.55 Å². The van der Waals surface area contributed by atoms with Crippen LogP contribution < -0.4 is 4.90 Å². The molecule has 3 aromatic carbocycles. The minimum absolute atomic E-state index is 0.0967. The van der Waals surface area contributed by atoms with Crippen LogP contribution in [0.5, 0.6) is 5.75 Å². The van der Waals surface area contributed by atoms with Gasteiger partial charge < -0.3 is 15.1 Å². The number of rotatable bonds is 8. The van der Waals surface area contributed by atoms with E-state index in [1.807, 2.05) is 0 Å². The first-order valence-corrected chi connectivity index (χ1v) is 13.9. The number of carbonyl (C=O) groups is 1. The molecule has 192 valence electrons. The van der Waals surface area contributed by atoms with Crippen LogP contribution in [0.3, 0.4) is 0 Å². The molecule has 5 rings (SSSR count). The van der Waals surface area contributed by atoms with E-state index in [1.165, 1.54) is 24.3 Å². The standard InChI is InChI=1S/C26H23FN2O6S2/c27-17-5-1-15(2-6-17)22(31)11-10-20-25(16-3-8-19(30)9-4-16)29(26(20)32)18-7-12-23-21(13-18)28-24(36-23)14-37(33,34)35/h1-9,12-13,20,22,25,30-31H,10-11,14H2,(H,33,34,35)/t20-,22+,25-/m1/s1. The fourth-order valence-electron chi connectivity index (χ4n) is 4.69. The smallest absolute Gasteiger partial charge is 0.271 e. The Morgan fingerprint density at radius 1 is 1.05 bits per heavy atom. The number of aliphatic hydroxyl groups excluding tert-OH is 1. The van der Waals surface area contributed by atoms with Gasteiger partial charge in [0.15, 0.2) is 0 Å². The second kappa shape index (κ2) is 9.82. The largest absolute Gasteiger partial charge is 0.508 e. The predicted molar refractivity (Wildman–Crippen MR) is 137 cm³/mol. The maximum atomic E-state index is 13.4. The van der Waals surface area contributed by atoms with Crippen LogP contribution in [-0.2, 0) is 20.7 Å². The third-order valence-corrected chi connectivity index (χ3v) is 8.31. The first-order valence-electron chi connectivity index (χ1n) is 11.5. The SMILES string of the molecule is O=C1[C@H](CC[C@H](O)c2ccc(F)cc2)[C@@H](c2ccc(O)cc2)N1c1ccc2sc(CS(=O)(=O)O)nc2c1. The van der Waals surface area contributed by atoms with Gasteiger partial charge in [0.1, 0.15) is 22.3 Å². The van der Waals surface area contributed by atoms with Gasteiger partial charge in [-0.25, -0.2) is 9.37 Å². The highest BCUT2D eigenvalue weighted by Crippen LogP contribution is 2.47. The third kappa shape index (κ3) is 5.35. The van der Waals surface area contributed by atoms with Crippen molar-refractivity contribution in [2.75, 3.05) is 4.90 Å². The number of phenolic OH excluding ortho intramolecular Hbond substituents is 1. The number of hydrogen-bond donors (Lipinski definition) is 3. The Kier molecular flexibility index (Phi) is 6.71. The summed E-state index contributed by atoms with van der Waals surface area (Å²) in [6, 6.07) is 17.0. The van der Waals surface area contributed by atoms with Gasteiger partial charge in [0.2, 0.25) is 5.91 Å². The second-order valence-corrected chi connectivity index (χ2v) is 11.5. The van der Waals surface area contributed by atoms with Gasteiger partial charge in [-0.3, -0.25) is 9.35 Å². The van der Waals surface area contributed by atoms with Gasteiger partial charge in [0.05, 0.1) is 28.3 Å². The number of carbonyl (C=O) groups excluding carboxylic acids is 1. The molecule has 1 aromatic heterocycles. The number of aliphatic hydroxyl groups is 1. The number of aromatic hydroxyl groups is 1. The zero-order valence-corrected chi connectivity index (χ0v) is 21.0. The van der Waals surface area contributed by atoms with Gasteiger partial charge in [0, 0.05) is 5.69 Å². The van der Waals surface area contributed by atoms with Crippen LogP contribution in [-0.4, -0.2) is 34.1 Å². The van der Waals surface area contributed by atoms with Crippen LogP contribution in [0, 0.1) is 11.7 Å². The number of hydrogen-bond acceptors (Lipinski definition) is 7. The van der Waals surface area contributed by atoms with Crippen molar-refractivity contribution >= 4 is 43.3 Å². The summed E-state index contributed by atoms with van der Waals surface area (Å²) in [5, 5.41) is 20.6. The molecule has 37 heavy (non-hydrogen) atoms. The van der Waals surface area contributed by atoms with Crippen molar-refractivity contribution in [2.45, 2.75) is 30.7 Å². The molecule has 3 N–H and O–H groups in total. The molecule has 0 bridgehead atoms. The van der Waals surface area contributed by atoms with Gasteiger partial charge in [0.25, 0.3) is 10.1 Å². The minimum atomic E-state index is -4.22. The number of amides is 1. The van der Waals surface area contributed by atoms with Crippen molar-refractivity contribution < 1.29 is 32.4 Å². The molecule has 1 amide bonds. The molecule has 3 atom stereocenters. The van der Waals surface area contributed by atoms with Crippen molar-refractivity contribution in [2.24, 2.45) is 5.92 Å². The first-order chi connectivity index (χ1) is 17.6. The molecule has 2 heterocycles. The highest BCUT2D eigenvalue weighted by molar-refractivity contribution is 7.85. The van der Waals surface area contributed by atoms with Gasteiger partial charge >= 0.3 is 0 Å². The number of anilines is 1. The second-order valence-electron chi connectivity index (χ2n) is 8.98. The van der Waals surface area contributed by atoms with E-state index in [0.29, 0.717) is 29.6 Å². The molecule has 1 fully saturated rings. The monoisotopic (exact) mass is 542 g/mol. The van der Waals surface area contributed by atoms with Crippen LogP contribution in [0.25, 0.3) is 10.2 Å². The lowest BCUT2D eigenvalue weighted by atomic mass is 9.78. The number of phenols is 1. The van der Waals surface area contributed by atoms with E-state index in [1.54, 1.807) is 47.4 Å². The molecule has 4 aromatic rings. The van der Waals surface area contributed by atoms with Crippen LogP contribution >= 0.6 is 11.3 Å². The Morgan fingerprint density at radius 3 is 2.43 bits per heavy atom. The molecule has 11 heteroatoms. The average Bonchev–Trinajstić information content (AvgIpc) is 3.23. The van der Waals surface area contributed by atoms with Gasteiger partial charge in [-0.1, -0.05) is 24.3 Å². The summed E-state index contributed by atoms with van der Waals surface area (Å²) in [6.07, 6.45) is -0.165. The maximum absolute atomic E-state index is 13.4. The number of fused-ring (bicyclic) bond motifs is 1. The summed E-state index contributed by atoms with van der Waals surface area (Å²) in [4.78, 5) is 19.3. The van der Waals surface area contributed by atoms with E-state index in [-0.39, 0.29) is 22.7 Å². The molecule has 0 spiro atoms. The lowest BCUT2D eigenvalue weighted by Crippen LogP contribution is -2.55. The minimum Gasteiger partial charge on any atom is -0.508 e. The fraction of sp³-hybridized carbons (Fsp3) is 0.231. The molecule has 8 nitrogen and oxygen atoms in total. The van der Waals surface area contributed by atoms with E-state index in [9.17, 15) is 27.8 Å². The summed E-state index contributed by atoms with van der Waals surface area (Å²) >= 11 is 1.15. The Bertz CT molecular complexity index is 1550. The van der Waals surface area contributed by atoms with E-state index in [0.717, 1.165) is 21.6 Å². The van der Waals surface area contributed by atoms with Crippen LogP contribution in [0.1, 0.15) is 41.1 Å². The predicted octanol–water partition coefficient (Wildman–Crippen LogP) is 4.75. The van der Waals surface area contributed by atoms with Gasteiger partial charge in [-0.05, 0) is 66.4 Å². The Balaban J connectivity index is 1.41. The average molecular weight is 543 g/mol. The fourth-order valence-corrected chi connectivity index (χ4v) is 6.49. The molecule has 0 saturated carbocycles. The summed E-state index contributed by atoms with van der Waals surface area (Å²) in [5.74, 6) is -1.45. The summed E-state index contributed by atoms with van der Waals surface area (Å²) in [5.41, 5.74) is 2.47. The highest BCUT2D eigenvalue weighted by Gasteiger charge is 2.48. The molecule has 1 aliphatic rings. The molecule has 0 aliphatic carbocycles. The van der Waals surface area contributed by atoms with Crippen molar-refractivity contribution in [1.82, 2.24) is 4.98 Å². The Hall–Kier alpha value is -3.38. The van der Waals surface area contributed by atoms with Gasteiger partial charge in [-0.2, -0.15) is 8.42 Å². The third-order valence-electron chi connectivity index (χ3n) is 6.45. The van der Waals surface area contributed by atoms with E-state index >= 15 is 0 Å². The van der Waals surface area contributed by atoms with Gasteiger partial charge in [-0.15, -0.1) is 11.3 Å². The zero-order valence-electron chi connectivity index (χ0n) is 19.4. The molecule has 0 unspecified atom stereocenters. The molecular formula is C26H23FN2O6S2. The number of β-lactam (4-membered cyclic amide) rings is 1. The Labute approximate surface area is 216 Å². The Morgan fingerprint density at radius 2 is 1.76 bits per heavy atom. The van der Waals surface area contributed by atoms with E-state index < -0.39 is 33.7 Å². The number of aromatic nitrogens is 1. The lowest BCUT2D eigenvalue weighted by molar-refractivity contribution is -0.131. The summed E-state index contributed by atoms with van der Waals surface area (Å²) in [7, 11) is -4.22. The normalized spacial score (nSPS) is 18.7. The van der Waals surface area contributed by atoms with Crippen molar-refractivity contribution in [3.63, 3.8) is 0 Å². The first kappa shape index (κ1) is 25.3. The maximum Gasteiger partial charge on any atom is 0.271 e. The number of halogens is 1. The quantitative estimate of drug-likeness (QED) is 0.217. The van der Waals surface area contributed by atoms with Crippen LogP contribution in [0.2, 0.25) is 0 Å². The number of thiazole rings is 1. The topological polar surface area (TPSA) is 128 Å². The zero-order chi connectivity index (χ0) is 26.3. The highest BCUT2D eigenvalue weighted by atomic mass is 32.2. The van der Waals surface area contributed by atoms with Crippen molar-refractivity contribution in [1.29, 1.82) is 0 Å². The molecular weight excluding hydrogens is 519 g/mol. The molecule has 1 aliphatic heterocycles.